The molecule has 3 rings (SSSR count). The lowest BCUT2D eigenvalue weighted by molar-refractivity contribution is -0.0228. The molecule has 0 radical (unpaired) electrons. The van der Waals surface area contributed by atoms with Crippen LogP contribution in [0.1, 0.15) is 257 Å². The van der Waals surface area contributed by atoms with E-state index in [0.717, 1.165) is 19.4 Å². The molecule has 0 saturated carbocycles. The topological polar surface area (TPSA) is 69.4 Å². The molecule has 0 aliphatic carbocycles. The molecule has 0 unspecified atom stereocenters. The van der Waals surface area contributed by atoms with Crippen LogP contribution < -0.4 is 26.6 Å². The molecule has 3 aliphatic heterocycles. The van der Waals surface area contributed by atoms with E-state index >= 15 is 0 Å². The summed E-state index contributed by atoms with van der Waals surface area (Å²) in [5.74, 6) is 0. The second kappa shape index (κ2) is 26.3. The molecule has 0 bridgehead atoms. The van der Waals surface area contributed by atoms with E-state index in [-0.39, 0.29) is 33.2 Å². The summed E-state index contributed by atoms with van der Waals surface area (Å²) >= 11 is 0. The third kappa shape index (κ3) is 26.7. The minimum Gasteiger partial charge on any atom is -0.378 e. The number of piperidine rings is 3. The smallest absolute Gasteiger partial charge is 0.0609 e. The average Bonchev–Trinajstić information content (AvgIpc) is 3.03. The fraction of sp³-hybridized carbons (Fsp3) is 1.00. The minimum atomic E-state index is 0.195. The lowest BCUT2D eigenvalue weighted by Gasteiger charge is -2.47. The van der Waals surface area contributed by atoms with E-state index in [4.69, 9.17) is 4.74 Å². The maximum absolute atomic E-state index is 6.23. The Morgan fingerprint density at radius 2 is 0.632 bits per heavy atom. The van der Waals surface area contributed by atoms with Gasteiger partial charge in [0.1, 0.15) is 0 Å². The molecule has 6 nitrogen and oxygen atoms in total. The maximum Gasteiger partial charge on any atom is 0.0609 e. The molecule has 3 aliphatic rings. The largest absolute Gasteiger partial charge is 0.378 e. The van der Waals surface area contributed by atoms with Crippen LogP contribution in [-0.4, -0.2) is 71.1 Å². The average molecular weight is 804 g/mol. The second-order valence-electron chi connectivity index (χ2n) is 23.4. The summed E-state index contributed by atoms with van der Waals surface area (Å²) in [5, 5.41) is 18.9. The molecule has 0 aromatic heterocycles. The van der Waals surface area contributed by atoms with Crippen LogP contribution in [0.3, 0.4) is 0 Å². The summed E-state index contributed by atoms with van der Waals surface area (Å²) in [6, 6.07) is 1.30. The highest BCUT2D eigenvalue weighted by Crippen LogP contribution is 2.31. The van der Waals surface area contributed by atoms with Crippen molar-refractivity contribution in [3.8, 4) is 0 Å². The van der Waals surface area contributed by atoms with Gasteiger partial charge in [0.25, 0.3) is 0 Å². The lowest BCUT2D eigenvalue weighted by atomic mass is 9.79. The fourth-order valence-corrected chi connectivity index (χ4v) is 11.4. The number of ether oxygens (including phenoxy) is 1. The van der Waals surface area contributed by atoms with Crippen molar-refractivity contribution in [3.05, 3.63) is 0 Å². The van der Waals surface area contributed by atoms with E-state index in [1.54, 1.807) is 0 Å². The molecule has 3 saturated heterocycles. The van der Waals surface area contributed by atoms with Gasteiger partial charge in [0.2, 0.25) is 0 Å². The van der Waals surface area contributed by atoms with Crippen LogP contribution in [0.2, 0.25) is 0 Å². The van der Waals surface area contributed by atoms with Crippen LogP contribution in [0.25, 0.3) is 0 Å². The van der Waals surface area contributed by atoms with Crippen molar-refractivity contribution in [2.24, 2.45) is 0 Å². The first-order valence-corrected chi connectivity index (χ1v) is 25.1. The van der Waals surface area contributed by atoms with E-state index in [1.807, 2.05) is 0 Å². The number of hydrogen-bond donors (Lipinski definition) is 5. The molecular formula is C51H105N5O. The fourth-order valence-electron chi connectivity index (χ4n) is 11.4. The van der Waals surface area contributed by atoms with Gasteiger partial charge in [0.05, 0.1) is 6.10 Å². The number of hydrogen-bond acceptors (Lipinski definition) is 6. The van der Waals surface area contributed by atoms with E-state index < -0.39 is 0 Å². The van der Waals surface area contributed by atoms with E-state index in [0.29, 0.717) is 18.2 Å². The summed E-state index contributed by atoms with van der Waals surface area (Å²) < 4.78 is 6.23. The molecular weight excluding hydrogens is 699 g/mol. The molecule has 57 heavy (non-hydrogen) atoms. The Kier molecular flexibility index (Phi) is 24.4. The van der Waals surface area contributed by atoms with Crippen LogP contribution in [0.5, 0.6) is 0 Å². The van der Waals surface area contributed by atoms with Gasteiger partial charge < -0.3 is 31.3 Å². The summed E-state index contributed by atoms with van der Waals surface area (Å²) in [4.78, 5) is 0. The van der Waals surface area contributed by atoms with E-state index in [1.165, 1.54) is 167 Å². The van der Waals surface area contributed by atoms with Gasteiger partial charge in [-0.2, -0.15) is 0 Å². The monoisotopic (exact) mass is 804 g/mol. The Bertz CT molecular complexity index is 927. The van der Waals surface area contributed by atoms with Gasteiger partial charge in [-0.3, -0.25) is 0 Å². The molecule has 0 amide bonds. The number of rotatable bonds is 27. The first kappa shape index (κ1) is 52.9. The zero-order valence-electron chi connectivity index (χ0n) is 41.1. The number of unbranched alkanes of at least 4 members (excludes halogenated alkanes) is 18. The van der Waals surface area contributed by atoms with Gasteiger partial charge in [0, 0.05) is 51.9 Å². The second-order valence-corrected chi connectivity index (χ2v) is 23.4. The van der Waals surface area contributed by atoms with Crippen molar-refractivity contribution in [2.45, 2.75) is 308 Å². The van der Waals surface area contributed by atoms with Crippen molar-refractivity contribution >= 4 is 0 Å². The quantitative estimate of drug-likeness (QED) is 0.0533. The van der Waals surface area contributed by atoms with Crippen molar-refractivity contribution in [1.29, 1.82) is 0 Å². The van der Waals surface area contributed by atoms with Crippen molar-refractivity contribution < 1.29 is 4.74 Å². The zero-order chi connectivity index (χ0) is 42.5. The normalized spacial score (nSPS) is 22.9. The highest BCUT2D eigenvalue weighted by molar-refractivity contribution is 5.01. The van der Waals surface area contributed by atoms with Crippen LogP contribution in [-0.2, 0) is 4.74 Å². The zero-order valence-corrected chi connectivity index (χ0v) is 41.1. The SMILES string of the molecule is CC1(C)CC(NCCCCCCNC2CC(C)(C)NC(C)(C)C2)CC(C)(C)N1.CCCCCCCCCCCCCCCCCCOC1CC(C)(C)NC(C)(C)C1. The highest BCUT2D eigenvalue weighted by Gasteiger charge is 2.39. The Morgan fingerprint density at radius 3 is 0.947 bits per heavy atom. The summed E-state index contributed by atoms with van der Waals surface area (Å²) in [5.41, 5.74) is 1.35. The van der Waals surface area contributed by atoms with Gasteiger partial charge in [-0.1, -0.05) is 116 Å². The lowest BCUT2D eigenvalue weighted by Crippen LogP contribution is -2.61. The predicted octanol–water partition coefficient (Wildman–Crippen LogP) is 12.9. The van der Waals surface area contributed by atoms with Gasteiger partial charge >= 0.3 is 0 Å². The van der Waals surface area contributed by atoms with E-state index in [2.05, 4.69) is 117 Å². The van der Waals surface area contributed by atoms with Gasteiger partial charge in [-0.15, -0.1) is 0 Å². The Balaban J connectivity index is 0.000000394. The van der Waals surface area contributed by atoms with Crippen LogP contribution in [0.15, 0.2) is 0 Å². The minimum absolute atomic E-state index is 0.195. The van der Waals surface area contributed by atoms with Crippen LogP contribution >= 0.6 is 0 Å². The van der Waals surface area contributed by atoms with Crippen LogP contribution in [0.4, 0.5) is 0 Å². The highest BCUT2D eigenvalue weighted by atomic mass is 16.5. The van der Waals surface area contributed by atoms with E-state index in [9.17, 15) is 0 Å². The van der Waals surface area contributed by atoms with Crippen molar-refractivity contribution in [3.63, 3.8) is 0 Å². The van der Waals surface area contributed by atoms with Crippen LogP contribution in [0, 0.1) is 0 Å². The molecule has 340 valence electrons. The van der Waals surface area contributed by atoms with Crippen molar-refractivity contribution in [1.82, 2.24) is 26.6 Å². The molecule has 3 heterocycles. The molecule has 0 spiro atoms. The third-order valence-electron chi connectivity index (χ3n) is 12.9. The summed E-state index contributed by atoms with van der Waals surface area (Å²) in [6.07, 6.45) is 35.7. The molecule has 0 aromatic rings. The molecule has 5 N–H and O–H groups in total. The first-order chi connectivity index (χ1) is 26.6. The summed E-state index contributed by atoms with van der Waals surface area (Å²) in [6.45, 7) is 33.5. The predicted molar refractivity (Wildman–Crippen MR) is 253 cm³/mol. The Hall–Kier alpha value is -0.240. The maximum atomic E-state index is 6.23. The molecule has 6 heteroatoms. The standard InChI is InChI=1S/C27H55NO.C24H50N4/c1-6-7-8-9-10-11-12-13-14-15-16-17-18-19-20-21-22-29-25-23-26(2,3)28-27(4,5)24-25;1-21(2)15-19(16-22(3,4)27-21)25-13-11-9-10-12-14-26-20-17-23(5,6)28-24(7,8)18-20/h25,28H,6-24H2,1-5H3;19-20,25-28H,9-18H2,1-8H3. The Labute approximate surface area is 358 Å². The summed E-state index contributed by atoms with van der Waals surface area (Å²) in [7, 11) is 0. The molecule has 0 atom stereocenters. The first-order valence-electron chi connectivity index (χ1n) is 25.1. The third-order valence-corrected chi connectivity index (χ3v) is 12.9. The van der Waals surface area contributed by atoms with Gasteiger partial charge in [-0.05, 0) is 154 Å². The van der Waals surface area contributed by atoms with Crippen molar-refractivity contribution in [2.75, 3.05) is 19.7 Å². The molecule has 0 aromatic carbocycles. The van der Waals surface area contributed by atoms with Gasteiger partial charge in [0.15, 0.2) is 0 Å². The number of nitrogens with one attached hydrogen (secondary N) is 5. The van der Waals surface area contributed by atoms with Gasteiger partial charge in [-0.25, -0.2) is 0 Å². The molecule has 3 fully saturated rings. The Morgan fingerprint density at radius 1 is 0.368 bits per heavy atom.